The lowest BCUT2D eigenvalue weighted by Gasteiger charge is -2.36. The average molecular weight is 327 g/mol. The topological polar surface area (TPSA) is 59.6 Å². The van der Waals surface area contributed by atoms with Gasteiger partial charge in [0.2, 0.25) is 0 Å². The van der Waals surface area contributed by atoms with Gasteiger partial charge >= 0.3 is 0 Å². The molecule has 1 aliphatic rings. The Morgan fingerprint density at radius 1 is 1.12 bits per heavy atom. The van der Waals surface area contributed by atoms with Crippen LogP contribution in [0.5, 0.6) is 0 Å². The summed E-state index contributed by atoms with van der Waals surface area (Å²) in [6.45, 7) is 8.61. The van der Waals surface area contributed by atoms with E-state index in [4.69, 9.17) is 0 Å². The Labute approximate surface area is 142 Å². The fourth-order valence-electron chi connectivity index (χ4n) is 3.57. The molecule has 0 bridgehead atoms. The Morgan fingerprint density at radius 3 is 2.29 bits per heavy atom. The normalized spacial score (nSPS) is 16.3. The van der Waals surface area contributed by atoms with E-state index in [9.17, 15) is 9.90 Å². The molecule has 5 heteroatoms. The number of H-pyrrole nitrogens is 1. The zero-order valence-electron chi connectivity index (χ0n) is 14.5. The van der Waals surface area contributed by atoms with E-state index in [2.05, 4.69) is 22.0 Å². The van der Waals surface area contributed by atoms with Crippen LogP contribution in [-0.2, 0) is 0 Å². The molecule has 2 heterocycles. The first-order chi connectivity index (χ1) is 11.5. The first kappa shape index (κ1) is 16.6. The van der Waals surface area contributed by atoms with Crippen molar-refractivity contribution < 1.29 is 9.90 Å². The van der Waals surface area contributed by atoms with E-state index in [0.29, 0.717) is 18.8 Å². The van der Waals surface area contributed by atoms with Gasteiger partial charge in [0.15, 0.2) is 0 Å². The van der Waals surface area contributed by atoms with Crippen molar-refractivity contribution in [3.63, 3.8) is 0 Å². The smallest absolute Gasteiger partial charge is 0.270 e. The number of carbonyl (C=O) groups excluding carboxylic acids is 1. The number of hydrogen-bond donors (Lipinski definition) is 2. The number of carbonyl (C=O) groups is 1. The molecule has 24 heavy (non-hydrogen) atoms. The summed E-state index contributed by atoms with van der Waals surface area (Å²) in [5.74, 6) is 0.0233. The third-order valence-electron chi connectivity index (χ3n) is 4.82. The highest BCUT2D eigenvalue weighted by Gasteiger charge is 2.26. The van der Waals surface area contributed by atoms with E-state index in [-0.39, 0.29) is 5.91 Å². The highest BCUT2D eigenvalue weighted by Crippen LogP contribution is 2.26. The number of aliphatic hydroxyl groups excluding tert-OH is 1. The van der Waals surface area contributed by atoms with E-state index >= 15 is 0 Å². The summed E-state index contributed by atoms with van der Waals surface area (Å²) in [6.07, 6.45) is -0.572. The zero-order chi connectivity index (χ0) is 17.3. The van der Waals surface area contributed by atoms with Crippen LogP contribution in [0.25, 0.3) is 0 Å². The highest BCUT2D eigenvalue weighted by atomic mass is 16.3. The summed E-state index contributed by atoms with van der Waals surface area (Å²) >= 11 is 0. The van der Waals surface area contributed by atoms with Gasteiger partial charge in [-0.2, -0.15) is 0 Å². The second-order valence-corrected chi connectivity index (χ2v) is 6.45. The SMILES string of the molecule is Cc1[nH]c(C(=O)N2CCN(c3ccccc3)CC2)c(C)c1C(C)O. The molecule has 1 aromatic heterocycles. The number of rotatable bonds is 3. The molecule has 0 saturated carbocycles. The molecule has 1 aromatic carbocycles. The van der Waals surface area contributed by atoms with Crippen LogP contribution >= 0.6 is 0 Å². The van der Waals surface area contributed by atoms with Crippen LogP contribution in [0.15, 0.2) is 30.3 Å². The molecule has 0 radical (unpaired) electrons. The molecule has 5 nitrogen and oxygen atoms in total. The fourth-order valence-corrected chi connectivity index (χ4v) is 3.57. The molecule has 1 atom stereocenters. The second-order valence-electron chi connectivity index (χ2n) is 6.45. The number of hydrogen-bond acceptors (Lipinski definition) is 3. The molecule has 1 unspecified atom stereocenters. The minimum absolute atomic E-state index is 0.0233. The van der Waals surface area contributed by atoms with Gasteiger partial charge in [-0.15, -0.1) is 0 Å². The van der Waals surface area contributed by atoms with Gasteiger partial charge in [-0.1, -0.05) is 18.2 Å². The number of aryl methyl sites for hydroxylation is 1. The number of benzene rings is 1. The third-order valence-corrected chi connectivity index (χ3v) is 4.82. The van der Waals surface area contributed by atoms with Crippen LogP contribution in [-0.4, -0.2) is 47.1 Å². The predicted molar refractivity (Wildman–Crippen MR) is 95.5 cm³/mol. The molecule has 2 N–H and O–H groups in total. The molecule has 1 amide bonds. The van der Waals surface area contributed by atoms with Gasteiger partial charge in [-0.25, -0.2) is 0 Å². The van der Waals surface area contributed by atoms with Crippen molar-refractivity contribution in [3.05, 3.63) is 52.8 Å². The molecular formula is C19H25N3O2. The maximum Gasteiger partial charge on any atom is 0.270 e. The summed E-state index contributed by atoms with van der Waals surface area (Å²) in [7, 11) is 0. The van der Waals surface area contributed by atoms with Gasteiger partial charge < -0.3 is 19.9 Å². The van der Waals surface area contributed by atoms with Gasteiger partial charge in [0.25, 0.3) is 5.91 Å². The van der Waals surface area contributed by atoms with Gasteiger partial charge in [0, 0.05) is 43.1 Å². The van der Waals surface area contributed by atoms with E-state index < -0.39 is 6.10 Å². The standard InChI is InChI=1S/C19H25N3O2/c1-13-17(15(3)23)14(2)20-18(13)19(24)22-11-9-21(10-12-22)16-7-5-4-6-8-16/h4-8,15,20,23H,9-12H2,1-3H3. The van der Waals surface area contributed by atoms with Gasteiger partial charge in [-0.3, -0.25) is 4.79 Å². The van der Waals surface area contributed by atoms with E-state index in [1.54, 1.807) is 6.92 Å². The Balaban J connectivity index is 1.71. The second kappa shape index (κ2) is 6.69. The largest absolute Gasteiger partial charge is 0.389 e. The quantitative estimate of drug-likeness (QED) is 0.911. The molecule has 1 fully saturated rings. The monoisotopic (exact) mass is 327 g/mol. The first-order valence-corrected chi connectivity index (χ1v) is 8.45. The number of nitrogens with zero attached hydrogens (tertiary/aromatic N) is 2. The maximum atomic E-state index is 12.8. The number of aliphatic hydroxyl groups is 1. The van der Waals surface area contributed by atoms with Gasteiger partial charge in [0.05, 0.1) is 6.10 Å². The van der Waals surface area contributed by atoms with E-state index in [1.807, 2.05) is 36.9 Å². The van der Waals surface area contributed by atoms with Crippen LogP contribution < -0.4 is 4.90 Å². The van der Waals surface area contributed by atoms with Crippen molar-refractivity contribution in [2.24, 2.45) is 0 Å². The highest BCUT2D eigenvalue weighted by molar-refractivity contribution is 5.94. The Hall–Kier alpha value is -2.27. The first-order valence-electron chi connectivity index (χ1n) is 8.45. The molecule has 2 aromatic rings. The van der Waals surface area contributed by atoms with Crippen molar-refractivity contribution in [2.75, 3.05) is 31.1 Å². The van der Waals surface area contributed by atoms with Gasteiger partial charge in [0.1, 0.15) is 5.69 Å². The molecule has 3 rings (SSSR count). The summed E-state index contributed by atoms with van der Waals surface area (Å²) < 4.78 is 0. The van der Waals surface area contributed by atoms with Crippen LogP contribution in [0.2, 0.25) is 0 Å². The number of amides is 1. The van der Waals surface area contributed by atoms with Crippen LogP contribution in [0, 0.1) is 13.8 Å². The summed E-state index contributed by atoms with van der Waals surface area (Å²) in [6, 6.07) is 10.3. The van der Waals surface area contributed by atoms with Crippen molar-refractivity contribution in [2.45, 2.75) is 26.9 Å². The molecule has 0 aliphatic carbocycles. The Bertz CT molecular complexity index is 714. The van der Waals surface area contributed by atoms with E-state index in [1.165, 1.54) is 5.69 Å². The van der Waals surface area contributed by atoms with Crippen molar-refractivity contribution in [1.82, 2.24) is 9.88 Å². The number of nitrogens with one attached hydrogen (secondary N) is 1. The fraction of sp³-hybridized carbons (Fsp3) is 0.421. The number of anilines is 1. The molecule has 128 valence electrons. The Kier molecular flexibility index (Phi) is 4.62. The van der Waals surface area contributed by atoms with Crippen molar-refractivity contribution in [1.29, 1.82) is 0 Å². The number of aromatic amines is 1. The molecule has 0 spiro atoms. The third kappa shape index (κ3) is 3.04. The average Bonchev–Trinajstić information content (AvgIpc) is 2.89. The lowest BCUT2D eigenvalue weighted by molar-refractivity contribution is 0.0740. The lowest BCUT2D eigenvalue weighted by Crippen LogP contribution is -2.49. The summed E-state index contributed by atoms with van der Waals surface area (Å²) in [5.41, 5.74) is 4.37. The summed E-state index contributed by atoms with van der Waals surface area (Å²) in [4.78, 5) is 20.2. The zero-order valence-corrected chi connectivity index (χ0v) is 14.5. The number of piperazine rings is 1. The number of aromatic nitrogens is 1. The minimum Gasteiger partial charge on any atom is -0.389 e. The lowest BCUT2D eigenvalue weighted by atomic mass is 10.1. The molecular weight excluding hydrogens is 302 g/mol. The van der Waals surface area contributed by atoms with Crippen molar-refractivity contribution >= 4 is 11.6 Å². The van der Waals surface area contributed by atoms with Crippen LogP contribution in [0.1, 0.15) is 40.3 Å². The predicted octanol–water partition coefficient (Wildman–Crippen LogP) is 2.65. The number of para-hydroxylation sites is 1. The molecule has 1 aliphatic heterocycles. The van der Waals surface area contributed by atoms with Crippen LogP contribution in [0.4, 0.5) is 5.69 Å². The van der Waals surface area contributed by atoms with Gasteiger partial charge in [-0.05, 0) is 38.5 Å². The maximum absolute atomic E-state index is 12.8. The molecule has 1 saturated heterocycles. The minimum atomic E-state index is -0.572. The van der Waals surface area contributed by atoms with E-state index in [0.717, 1.165) is 29.9 Å². The van der Waals surface area contributed by atoms with Crippen molar-refractivity contribution in [3.8, 4) is 0 Å². The van der Waals surface area contributed by atoms with Crippen LogP contribution in [0.3, 0.4) is 0 Å². The summed E-state index contributed by atoms with van der Waals surface area (Å²) in [5, 5.41) is 9.90. The Morgan fingerprint density at radius 2 is 1.75 bits per heavy atom.